The smallest absolute Gasteiger partial charge is 0.128 e. The first-order valence-electron chi connectivity index (χ1n) is 7.52. The van der Waals surface area contributed by atoms with Crippen molar-refractivity contribution in [2.45, 2.75) is 13.3 Å². The molecule has 3 rings (SSSR count). The summed E-state index contributed by atoms with van der Waals surface area (Å²) in [4.78, 5) is 11.0. The number of aromatic nitrogens is 2. The highest BCUT2D eigenvalue weighted by atomic mass is 15.2. The molecular weight excluding hydrogens is 274 g/mol. The summed E-state index contributed by atoms with van der Waals surface area (Å²) in [5.74, 6) is 2.47. The van der Waals surface area contributed by atoms with E-state index in [0.29, 0.717) is 11.5 Å². The van der Waals surface area contributed by atoms with Gasteiger partial charge < -0.3 is 10.2 Å². The van der Waals surface area contributed by atoms with E-state index in [0.717, 1.165) is 37.7 Å². The minimum absolute atomic E-state index is 0.584. The molecule has 2 aromatic heterocycles. The Hall–Kier alpha value is -2.61. The van der Waals surface area contributed by atoms with E-state index >= 15 is 0 Å². The van der Waals surface area contributed by atoms with Crippen LogP contribution in [0.5, 0.6) is 0 Å². The number of aryl methyl sites for hydroxylation is 1. The SMILES string of the molecule is Cc1ccc(NC[C@H]2CCN(c3ccc(C#N)cn3)C2)nc1. The molecule has 1 fully saturated rings. The molecule has 2 aromatic rings. The van der Waals surface area contributed by atoms with Crippen LogP contribution in [-0.4, -0.2) is 29.6 Å². The van der Waals surface area contributed by atoms with Crippen molar-refractivity contribution in [3.05, 3.63) is 47.8 Å². The topological polar surface area (TPSA) is 64.8 Å². The van der Waals surface area contributed by atoms with Gasteiger partial charge in [-0.1, -0.05) is 6.07 Å². The molecule has 1 aliphatic rings. The molecule has 1 N–H and O–H groups in total. The van der Waals surface area contributed by atoms with Crippen molar-refractivity contribution in [3.8, 4) is 6.07 Å². The van der Waals surface area contributed by atoms with Crippen LogP contribution in [0.25, 0.3) is 0 Å². The Balaban J connectivity index is 1.53. The maximum Gasteiger partial charge on any atom is 0.128 e. The van der Waals surface area contributed by atoms with Crippen LogP contribution < -0.4 is 10.2 Å². The minimum Gasteiger partial charge on any atom is -0.370 e. The van der Waals surface area contributed by atoms with Crippen molar-refractivity contribution >= 4 is 11.6 Å². The molecule has 0 unspecified atom stereocenters. The van der Waals surface area contributed by atoms with Gasteiger partial charge in [0.1, 0.15) is 17.7 Å². The van der Waals surface area contributed by atoms with Crippen LogP contribution in [0.3, 0.4) is 0 Å². The van der Waals surface area contributed by atoms with Gasteiger partial charge in [0.2, 0.25) is 0 Å². The molecule has 1 aliphatic heterocycles. The summed E-state index contributed by atoms with van der Waals surface area (Å²) in [7, 11) is 0. The largest absolute Gasteiger partial charge is 0.370 e. The number of rotatable bonds is 4. The van der Waals surface area contributed by atoms with Crippen molar-refractivity contribution in [1.82, 2.24) is 9.97 Å². The molecule has 1 atom stereocenters. The van der Waals surface area contributed by atoms with Crippen LogP contribution in [0, 0.1) is 24.2 Å². The van der Waals surface area contributed by atoms with Gasteiger partial charge in [-0.05, 0) is 43.0 Å². The number of pyridine rings is 2. The first-order valence-corrected chi connectivity index (χ1v) is 7.52. The van der Waals surface area contributed by atoms with Crippen molar-refractivity contribution in [2.24, 2.45) is 5.92 Å². The highest BCUT2D eigenvalue weighted by molar-refractivity contribution is 5.43. The third-order valence-corrected chi connectivity index (χ3v) is 3.97. The maximum absolute atomic E-state index is 8.81. The molecule has 0 bridgehead atoms. The van der Waals surface area contributed by atoms with E-state index in [9.17, 15) is 0 Å². The second-order valence-electron chi connectivity index (χ2n) is 5.72. The zero-order valence-corrected chi connectivity index (χ0v) is 12.7. The van der Waals surface area contributed by atoms with Gasteiger partial charge in [0, 0.05) is 32.0 Å². The lowest BCUT2D eigenvalue weighted by molar-refractivity contribution is 0.621. The summed E-state index contributed by atoms with van der Waals surface area (Å²) in [6.45, 7) is 4.95. The lowest BCUT2D eigenvalue weighted by Crippen LogP contribution is -2.23. The van der Waals surface area contributed by atoms with Crippen LogP contribution >= 0.6 is 0 Å². The van der Waals surface area contributed by atoms with Crippen LogP contribution in [-0.2, 0) is 0 Å². The van der Waals surface area contributed by atoms with E-state index in [2.05, 4.69) is 32.3 Å². The third kappa shape index (κ3) is 3.34. The number of nitrogens with one attached hydrogen (secondary N) is 1. The highest BCUT2D eigenvalue weighted by Crippen LogP contribution is 2.22. The second-order valence-corrected chi connectivity index (χ2v) is 5.72. The Labute approximate surface area is 130 Å². The Bertz CT molecular complexity index is 657. The Morgan fingerprint density at radius 1 is 1.27 bits per heavy atom. The molecule has 0 aromatic carbocycles. The molecule has 5 nitrogen and oxygen atoms in total. The molecule has 0 saturated carbocycles. The molecular formula is C17H19N5. The fraction of sp³-hybridized carbons (Fsp3) is 0.353. The van der Waals surface area contributed by atoms with Crippen molar-refractivity contribution in [2.75, 3.05) is 29.9 Å². The standard InChI is InChI=1S/C17H19N5/c1-13-2-4-16(19-9-13)20-11-15-6-7-22(12-15)17-5-3-14(8-18)10-21-17/h2-5,9-10,15H,6-7,11-12H2,1H3,(H,19,20)/t15-/m1/s1. The molecule has 22 heavy (non-hydrogen) atoms. The van der Waals surface area contributed by atoms with E-state index in [1.54, 1.807) is 6.20 Å². The van der Waals surface area contributed by atoms with Gasteiger partial charge in [-0.15, -0.1) is 0 Å². The van der Waals surface area contributed by atoms with Gasteiger partial charge in [-0.3, -0.25) is 0 Å². The Morgan fingerprint density at radius 3 is 2.86 bits per heavy atom. The highest BCUT2D eigenvalue weighted by Gasteiger charge is 2.23. The molecule has 0 spiro atoms. The first kappa shape index (κ1) is 14.3. The van der Waals surface area contributed by atoms with Crippen LogP contribution in [0.2, 0.25) is 0 Å². The number of nitriles is 1. The van der Waals surface area contributed by atoms with Gasteiger partial charge in [-0.2, -0.15) is 5.26 Å². The fourth-order valence-electron chi connectivity index (χ4n) is 2.67. The fourth-order valence-corrected chi connectivity index (χ4v) is 2.67. The summed E-state index contributed by atoms with van der Waals surface area (Å²) in [5.41, 5.74) is 1.77. The van der Waals surface area contributed by atoms with Crippen LogP contribution in [0.15, 0.2) is 36.7 Å². The summed E-state index contributed by atoms with van der Waals surface area (Å²) in [5, 5.41) is 12.2. The maximum atomic E-state index is 8.81. The average molecular weight is 293 g/mol. The average Bonchev–Trinajstić information content (AvgIpc) is 3.03. The first-order chi connectivity index (χ1) is 10.7. The Kier molecular flexibility index (Phi) is 4.19. The quantitative estimate of drug-likeness (QED) is 0.938. The predicted molar refractivity (Wildman–Crippen MR) is 86.7 cm³/mol. The number of nitrogens with zero attached hydrogens (tertiary/aromatic N) is 4. The molecule has 3 heterocycles. The summed E-state index contributed by atoms with van der Waals surface area (Å²) < 4.78 is 0. The zero-order valence-electron chi connectivity index (χ0n) is 12.7. The summed E-state index contributed by atoms with van der Waals surface area (Å²) in [6.07, 6.45) is 4.65. The minimum atomic E-state index is 0.584. The molecule has 5 heteroatoms. The molecule has 0 aliphatic carbocycles. The third-order valence-electron chi connectivity index (χ3n) is 3.97. The Morgan fingerprint density at radius 2 is 2.18 bits per heavy atom. The van der Waals surface area contributed by atoms with E-state index < -0.39 is 0 Å². The van der Waals surface area contributed by atoms with Crippen LogP contribution in [0.1, 0.15) is 17.5 Å². The van der Waals surface area contributed by atoms with E-state index in [1.807, 2.05) is 31.3 Å². The van der Waals surface area contributed by atoms with Gasteiger partial charge in [-0.25, -0.2) is 9.97 Å². The zero-order chi connectivity index (χ0) is 15.4. The van der Waals surface area contributed by atoms with Gasteiger partial charge in [0.15, 0.2) is 0 Å². The molecule has 0 amide bonds. The summed E-state index contributed by atoms with van der Waals surface area (Å²) in [6, 6.07) is 9.93. The van der Waals surface area contributed by atoms with Crippen molar-refractivity contribution in [3.63, 3.8) is 0 Å². The van der Waals surface area contributed by atoms with Gasteiger partial charge >= 0.3 is 0 Å². The van der Waals surface area contributed by atoms with Crippen LogP contribution in [0.4, 0.5) is 11.6 Å². The number of hydrogen-bond acceptors (Lipinski definition) is 5. The molecule has 0 radical (unpaired) electrons. The normalized spacial score (nSPS) is 17.3. The van der Waals surface area contributed by atoms with Crippen molar-refractivity contribution < 1.29 is 0 Å². The molecule has 112 valence electrons. The second kappa shape index (κ2) is 6.44. The summed E-state index contributed by atoms with van der Waals surface area (Å²) >= 11 is 0. The molecule has 1 saturated heterocycles. The van der Waals surface area contributed by atoms with Gasteiger partial charge in [0.05, 0.1) is 5.56 Å². The monoisotopic (exact) mass is 293 g/mol. The van der Waals surface area contributed by atoms with E-state index in [4.69, 9.17) is 5.26 Å². The number of hydrogen-bond donors (Lipinski definition) is 1. The number of anilines is 2. The van der Waals surface area contributed by atoms with E-state index in [1.165, 1.54) is 5.56 Å². The van der Waals surface area contributed by atoms with Crippen molar-refractivity contribution in [1.29, 1.82) is 5.26 Å². The lowest BCUT2D eigenvalue weighted by Gasteiger charge is -2.17. The predicted octanol–water partition coefficient (Wildman–Crippen LogP) is 2.60. The van der Waals surface area contributed by atoms with E-state index in [-0.39, 0.29) is 0 Å². The van der Waals surface area contributed by atoms with Gasteiger partial charge in [0.25, 0.3) is 0 Å². The lowest BCUT2D eigenvalue weighted by atomic mass is 10.1.